The molecule has 1 heterocycles. The Balaban J connectivity index is 1.93. The average molecular weight is 448 g/mol. The minimum Gasteiger partial charge on any atom is -0.314 e. The van der Waals surface area contributed by atoms with Crippen molar-refractivity contribution < 1.29 is 17.6 Å². The highest BCUT2D eigenvalue weighted by Crippen LogP contribution is 2.41. The van der Waals surface area contributed by atoms with E-state index in [0.717, 1.165) is 18.2 Å². The van der Waals surface area contributed by atoms with Crippen LogP contribution in [0.15, 0.2) is 82.7 Å². The number of Topliss-reactive ketones (excluding diaryl/α,β-unsaturated/α-hetero) is 1. The van der Waals surface area contributed by atoms with Gasteiger partial charge in [-0.3, -0.25) is 4.79 Å². The zero-order valence-corrected chi connectivity index (χ0v) is 17.0. The van der Waals surface area contributed by atoms with Crippen LogP contribution in [0, 0.1) is 5.82 Å². The Labute approximate surface area is 176 Å². The van der Waals surface area contributed by atoms with Crippen LogP contribution < -0.4 is 4.90 Å². The second kappa shape index (κ2) is 7.30. The summed E-state index contributed by atoms with van der Waals surface area (Å²) >= 11 is 11.8. The molecule has 0 fully saturated rings. The second-order valence-electron chi connectivity index (χ2n) is 6.29. The second-order valence-corrected chi connectivity index (χ2v) is 9.05. The molecule has 3 aromatic carbocycles. The highest BCUT2D eigenvalue weighted by molar-refractivity contribution is 7.96. The Bertz CT molecular complexity index is 1250. The van der Waals surface area contributed by atoms with E-state index < -0.39 is 26.3 Å². The largest absolute Gasteiger partial charge is 0.314 e. The van der Waals surface area contributed by atoms with E-state index in [-0.39, 0.29) is 16.1 Å². The molecule has 146 valence electrons. The van der Waals surface area contributed by atoms with Crippen LogP contribution >= 0.6 is 23.2 Å². The molecule has 4 rings (SSSR count). The third-order valence-electron chi connectivity index (χ3n) is 4.44. The van der Waals surface area contributed by atoms with Gasteiger partial charge in [0.2, 0.25) is 15.6 Å². The molecule has 0 amide bonds. The topological polar surface area (TPSA) is 54.5 Å². The summed E-state index contributed by atoms with van der Waals surface area (Å²) in [5.41, 5.74) is 0.809. The number of ketones is 1. The van der Waals surface area contributed by atoms with Gasteiger partial charge in [-0.2, -0.15) is 0 Å². The molecule has 3 aromatic rings. The van der Waals surface area contributed by atoms with Gasteiger partial charge < -0.3 is 4.90 Å². The lowest BCUT2D eigenvalue weighted by Crippen LogP contribution is -2.26. The van der Waals surface area contributed by atoms with Crippen molar-refractivity contribution in [2.24, 2.45) is 0 Å². The molecule has 0 unspecified atom stereocenters. The molecule has 0 atom stereocenters. The SMILES string of the molecule is O=C(C1=CN(c2ccc(Cl)cc2)c2cc(F)ccc2S1(=O)=O)c1ccc(Cl)cc1. The number of fused-ring (bicyclic) bond motifs is 1. The number of nitrogens with zero attached hydrogens (tertiary/aromatic N) is 1. The minimum atomic E-state index is -4.16. The predicted octanol–water partition coefficient (Wildman–Crippen LogP) is 5.78. The van der Waals surface area contributed by atoms with Gasteiger partial charge in [0.15, 0.2) is 0 Å². The fourth-order valence-electron chi connectivity index (χ4n) is 3.02. The fourth-order valence-corrected chi connectivity index (χ4v) is 4.79. The molecule has 4 nitrogen and oxygen atoms in total. The third-order valence-corrected chi connectivity index (χ3v) is 6.74. The molecule has 0 bridgehead atoms. The van der Waals surface area contributed by atoms with E-state index >= 15 is 0 Å². The smallest absolute Gasteiger partial charge is 0.214 e. The summed E-state index contributed by atoms with van der Waals surface area (Å²) in [6, 6.07) is 15.8. The van der Waals surface area contributed by atoms with E-state index in [1.807, 2.05) is 0 Å². The number of benzene rings is 3. The van der Waals surface area contributed by atoms with Gasteiger partial charge in [-0.05, 0) is 66.7 Å². The van der Waals surface area contributed by atoms with Crippen LogP contribution in [0.1, 0.15) is 10.4 Å². The molecule has 0 N–H and O–H groups in total. The quantitative estimate of drug-likeness (QED) is 0.377. The van der Waals surface area contributed by atoms with Gasteiger partial charge in [0.25, 0.3) is 0 Å². The first-order valence-electron chi connectivity index (χ1n) is 8.39. The molecule has 0 radical (unpaired) electrons. The minimum absolute atomic E-state index is 0.111. The lowest BCUT2D eigenvalue weighted by Gasteiger charge is -2.29. The van der Waals surface area contributed by atoms with E-state index in [1.165, 1.54) is 35.4 Å². The van der Waals surface area contributed by atoms with Crippen molar-refractivity contribution in [2.45, 2.75) is 4.90 Å². The van der Waals surface area contributed by atoms with Gasteiger partial charge in [-0.25, -0.2) is 12.8 Å². The van der Waals surface area contributed by atoms with Crippen molar-refractivity contribution in [3.05, 3.63) is 99.3 Å². The number of carbonyl (C=O) groups is 1. The maximum Gasteiger partial charge on any atom is 0.214 e. The normalized spacial score (nSPS) is 14.9. The van der Waals surface area contributed by atoms with Gasteiger partial charge in [0.05, 0.1) is 10.6 Å². The van der Waals surface area contributed by atoms with Gasteiger partial charge in [-0.15, -0.1) is 0 Å². The predicted molar refractivity (Wildman–Crippen MR) is 111 cm³/mol. The standard InChI is InChI=1S/C21H12Cl2FNO3S/c22-14-3-1-13(2-4-14)21(26)20-12-25(17-8-5-15(23)6-9-17)18-11-16(24)7-10-19(18)29(20,27)28/h1-12H. The summed E-state index contributed by atoms with van der Waals surface area (Å²) in [4.78, 5) is 13.9. The van der Waals surface area contributed by atoms with Crippen LogP contribution in [-0.4, -0.2) is 14.2 Å². The van der Waals surface area contributed by atoms with Crippen molar-refractivity contribution in [3.8, 4) is 0 Å². The number of halogens is 3. The highest BCUT2D eigenvalue weighted by atomic mass is 35.5. The number of anilines is 2. The summed E-state index contributed by atoms with van der Waals surface area (Å²) < 4.78 is 40.2. The van der Waals surface area contributed by atoms with Crippen LogP contribution in [0.3, 0.4) is 0 Å². The summed E-state index contributed by atoms with van der Waals surface area (Å²) in [7, 11) is -4.16. The van der Waals surface area contributed by atoms with Gasteiger partial charge in [0.1, 0.15) is 10.7 Å². The number of carbonyl (C=O) groups excluding carboxylic acids is 1. The molecule has 0 aromatic heterocycles. The number of sulfone groups is 1. The van der Waals surface area contributed by atoms with Crippen molar-refractivity contribution in [1.29, 1.82) is 0 Å². The number of hydrogen-bond donors (Lipinski definition) is 0. The zero-order chi connectivity index (χ0) is 20.8. The van der Waals surface area contributed by atoms with Gasteiger partial charge >= 0.3 is 0 Å². The van der Waals surface area contributed by atoms with Gasteiger partial charge in [0, 0.05) is 27.5 Å². The van der Waals surface area contributed by atoms with E-state index in [9.17, 15) is 17.6 Å². The van der Waals surface area contributed by atoms with E-state index in [0.29, 0.717) is 15.7 Å². The lowest BCUT2D eigenvalue weighted by atomic mass is 10.1. The van der Waals surface area contributed by atoms with Crippen LogP contribution in [0.25, 0.3) is 0 Å². The number of hydrogen-bond acceptors (Lipinski definition) is 4. The van der Waals surface area contributed by atoms with E-state index in [2.05, 4.69) is 0 Å². The maximum atomic E-state index is 13.9. The summed E-state index contributed by atoms with van der Waals surface area (Å²) in [6.45, 7) is 0. The number of allylic oxidation sites excluding steroid dienone is 1. The van der Waals surface area contributed by atoms with Gasteiger partial charge in [-0.1, -0.05) is 23.2 Å². The van der Waals surface area contributed by atoms with Crippen molar-refractivity contribution in [1.82, 2.24) is 0 Å². The first-order chi connectivity index (χ1) is 13.8. The molecule has 29 heavy (non-hydrogen) atoms. The first-order valence-corrected chi connectivity index (χ1v) is 10.6. The molecular formula is C21H12Cl2FNO3S. The molecule has 1 aliphatic heterocycles. The summed E-state index contributed by atoms with van der Waals surface area (Å²) in [5.74, 6) is -1.28. The Morgan fingerprint density at radius 2 is 1.45 bits per heavy atom. The molecular weight excluding hydrogens is 436 g/mol. The van der Waals surface area contributed by atoms with E-state index in [1.54, 1.807) is 24.3 Å². The zero-order valence-electron chi connectivity index (χ0n) is 14.6. The maximum absolute atomic E-state index is 13.9. The molecule has 0 aliphatic carbocycles. The Morgan fingerprint density at radius 1 is 0.862 bits per heavy atom. The Kier molecular flexibility index (Phi) is 4.94. The molecule has 0 spiro atoms. The van der Waals surface area contributed by atoms with Crippen molar-refractivity contribution >= 4 is 50.2 Å². The van der Waals surface area contributed by atoms with Crippen LogP contribution in [0.2, 0.25) is 10.0 Å². The molecule has 0 saturated carbocycles. The van der Waals surface area contributed by atoms with Crippen LogP contribution in [0.4, 0.5) is 15.8 Å². The summed E-state index contributed by atoms with van der Waals surface area (Å²) in [5, 5.41) is 0.907. The number of rotatable bonds is 3. The average Bonchev–Trinajstić information content (AvgIpc) is 2.69. The highest BCUT2D eigenvalue weighted by Gasteiger charge is 2.36. The van der Waals surface area contributed by atoms with Crippen molar-refractivity contribution in [3.63, 3.8) is 0 Å². The fraction of sp³-hybridized carbons (Fsp3) is 0. The lowest BCUT2D eigenvalue weighted by molar-refractivity contribution is 0.104. The molecule has 1 aliphatic rings. The Morgan fingerprint density at radius 3 is 2.07 bits per heavy atom. The van der Waals surface area contributed by atoms with Crippen LogP contribution in [-0.2, 0) is 9.84 Å². The first kappa shape index (κ1) is 19.6. The third kappa shape index (κ3) is 3.55. The summed E-state index contributed by atoms with van der Waals surface area (Å²) in [6.07, 6.45) is 1.21. The monoisotopic (exact) mass is 447 g/mol. The molecule has 0 saturated heterocycles. The van der Waals surface area contributed by atoms with Crippen molar-refractivity contribution in [2.75, 3.05) is 4.90 Å². The van der Waals surface area contributed by atoms with E-state index in [4.69, 9.17) is 23.2 Å². The van der Waals surface area contributed by atoms with Crippen LogP contribution in [0.5, 0.6) is 0 Å². The Hall–Kier alpha value is -2.67. The molecule has 8 heteroatoms.